The van der Waals surface area contributed by atoms with Crippen LogP contribution in [0.1, 0.15) is 75.8 Å². The second-order valence-electron chi connectivity index (χ2n) is 11.3. The smallest absolute Gasteiger partial charge is 0.357 e. The number of benzene rings is 1. The third-order valence-corrected chi connectivity index (χ3v) is 8.67. The van der Waals surface area contributed by atoms with E-state index in [-0.39, 0.29) is 24.8 Å². The van der Waals surface area contributed by atoms with Crippen LogP contribution in [0.2, 0.25) is 0 Å². The summed E-state index contributed by atoms with van der Waals surface area (Å²) in [5.74, 6) is -0.416. The Morgan fingerprint density at radius 2 is 1.84 bits per heavy atom. The summed E-state index contributed by atoms with van der Waals surface area (Å²) >= 11 is 0. The van der Waals surface area contributed by atoms with E-state index in [2.05, 4.69) is 10.4 Å². The number of imide groups is 1. The summed E-state index contributed by atoms with van der Waals surface area (Å²) in [7, 11) is 1.73. The van der Waals surface area contributed by atoms with Crippen molar-refractivity contribution >= 4 is 28.4 Å². The number of fused-ring (bicyclic) bond motifs is 1. The van der Waals surface area contributed by atoms with Gasteiger partial charge in [0.25, 0.3) is 0 Å². The van der Waals surface area contributed by atoms with Crippen LogP contribution in [0.4, 0.5) is 18.9 Å². The van der Waals surface area contributed by atoms with Crippen LogP contribution in [0, 0.1) is 5.92 Å². The molecule has 1 saturated carbocycles. The number of aryl methyl sites for hydroxylation is 1. The van der Waals surface area contributed by atoms with E-state index >= 15 is 0 Å². The van der Waals surface area contributed by atoms with Crippen molar-refractivity contribution in [3.05, 3.63) is 23.9 Å². The highest BCUT2D eigenvalue weighted by Gasteiger charge is 2.46. The van der Waals surface area contributed by atoms with Crippen LogP contribution in [0.15, 0.2) is 18.2 Å². The number of rotatable bonds is 7. The number of piperazine rings is 1. The van der Waals surface area contributed by atoms with Gasteiger partial charge in [0.1, 0.15) is 6.04 Å². The van der Waals surface area contributed by atoms with Crippen molar-refractivity contribution in [3.8, 4) is 0 Å². The Hall–Kier alpha value is -2.62. The molecule has 3 heterocycles. The highest BCUT2D eigenvalue weighted by Crippen LogP contribution is 2.36. The van der Waals surface area contributed by atoms with Gasteiger partial charge in [-0.3, -0.25) is 24.5 Å². The Labute approximate surface area is 221 Å². The highest BCUT2D eigenvalue weighted by molar-refractivity contribution is 6.02. The number of aromatic nitrogens is 2. The van der Waals surface area contributed by atoms with Gasteiger partial charge in [-0.05, 0) is 43.5 Å². The van der Waals surface area contributed by atoms with Crippen molar-refractivity contribution in [1.82, 2.24) is 20.0 Å². The average Bonchev–Trinajstić information content (AvgIpc) is 3.22. The number of amides is 2. The molecule has 7 nitrogen and oxygen atoms in total. The minimum atomic E-state index is -4.35. The van der Waals surface area contributed by atoms with Gasteiger partial charge in [-0.1, -0.05) is 44.9 Å². The molecule has 38 heavy (non-hydrogen) atoms. The third-order valence-electron chi connectivity index (χ3n) is 8.67. The third kappa shape index (κ3) is 5.84. The van der Waals surface area contributed by atoms with E-state index in [1.54, 1.807) is 29.9 Å². The zero-order valence-electron chi connectivity index (χ0n) is 22.1. The number of nitrogens with one attached hydrogen (secondary N) is 1. The van der Waals surface area contributed by atoms with Gasteiger partial charge < -0.3 is 4.90 Å². The fourth-order valence-corrected chi connectivity index (χ4v) is 6.54. The molecule has 3 fully saturated rings. The second kappa shape index (κ2) is 11.2. The number of nitrogens with zero attached hydrogens (tertiary/aromatic N) is 4. The molecule has 2 amide bonds. The van der Waals surface area contributed by atoms with Gasteiger partial charge >= 0.3 is 6.18 Å². The minimum Gasteiger partial charge on any atom is -0.357 e. The van der Waals surface area contributed by atoms with E-state index in [1.807, 2.05) is 4.90 Å². The Morgan fingerprint density at radius 3 is 2.58 bits per heavy atom. The maximum absolute atomic E-state index is 14.2. The molecule has 0 bridgehead atoms. The number of hydrogen-bond acceptors (Lipinski definition) is 5. The maximum atomic E-state index is 14.2. The first-order valence-electron chi connectivity index (χ1n) is 14.1. The first kappa shape index (κ1) is 27.0. The largest absolute Gasteiger partial charge is 0.409 e. The van der Waals surface area contributed by atoms with Crippen LogP contribution in [0.25, 0.3) is 10.9 Å². The quantitative estimate of drug-likeness (QED) is 0.405. The molecule has 2 saturated heterocycles. The van der Waals surface area contributed by atoms with Crippen molar-refractivity contribution in [2.45, 2.75) is 82.3 Å². The van der Waals surface area contributed by atoms with Gasteiger partial charge in [0.2, 0.25) is 11.8 Å². The van der Waals surface area contributed by atoms with Crippen molar-refractivity contribution in [2.24, 2.45) is 13.0 Å². The summed E-state index contributed by atoms with van der Waals surface area (Å²) in [5.41, 5.74) is 1.74. The van der Waals surface area contributed by atoms with Crippen molar-refractivity contribution in [2.75, 3.05) is 31.1 Å². The molecule has 1 aromatic heterocycles. The lowest BCUT2D eigenvalue weighted by Gasteiger charge is -2.43. The normalized spacial score (nSPS) is 24.3. The van der Waals surface area contributed by atoms with Gasteiger partial charge in [0.05, 0.1) is 17.1 Å². The fourth-order valence-electron chi connectivity index (χ4n) is 6.54. The summed E-state index contributed by atoms with van der Waals surface area (Å²) in [6.07, 6.45) is 6.12. The average molecular weight is 534 g/mol. The highest BCUT2D eigenvalue weighted by atomic mass is 19.4. The lowest BCUT2D eigenvalue weighted by Crippen LogP contribution is -2.59. The van der Waals surface area contributed by atoms with Gasteiger partial charge in [-0.15, -0.1) is 0 Å². The van der Waals surface area contributed by atoms with Gasteiger partial charge in [0.15, 0.2) is 0 Å². The first-order valence-corrected chi connectivity index (χ1v) is 14.1. The lowest BCUT2D eigenvalue weighted by atomic mass is 9.86. The fraction of sp³-hybridized carbons (Fsp3) is 0.679. The van der Waals surface area contributed by atoms with E-state index in [4.69, 9.17) is 0 Å². The molecule has 1 N–H and O–H groups in total. The molecule has 0 radical (unpaired) electrons. The summed E-state index contributed by atoms with van der Waals surface area (Å²) in [5, 5.41) is 7.61. The predicted molar refractivity (Wildman–Crippen MR) is 140 cm³/mol. The number of carbonyl (C=O) groups excluding carboxylic acids is 2. The molecule has 1 aliphatic carbocycles. The molecule has 10 heteroatoms. The Morgan fingerprint density at radius 1 is 1.05 bits per heavy atom. The zero-order valence-corrected chi connectivity index (χ0v) is 22.1. The maximum Gasteiger partial charge on any atom is 0.409 e. The second-order valence-corrected chi connectivity index (χ2v) is 11.3. The minimum absolute atomic E-state index is 0.0299. The summed E-state index contributed by atoms with van der Waals surface area (Å²) in [4.78, 5) is 27.4. The first-order chi connectivity index (χ1) is 18.2. The summed E-state index contributed by atoms with van der Waals surface area (Å²) < 4.78 is 44.3. The van der Waals surface area contributed by atoms with Gasteiger partial charge in [-0.25, -0.2) is 0 Å². The van der Waals surface area contributed by atoms with Crippen LogP contribution in [-0.2, 0) is 16.6 Å². The molecular weight excluding hydrogens is 495 g/mol. The van der Waals surface area contributed by atoms with E-state index in [9.17, 15) is 22.8 Å². The molecule has 208 valence electrons. The topological polar surface area (TPSA) is 70.5 Å². The number of alkyl halides is 3. The van der Waals surface area contributed by atoms with Crippen molar-refractivity contribution in [3.63, 3.8) is 0 Å². The van der Waals surface area contributed by atoms with E-state index in [0.29, 0.717) is 43.0 Å². The predicted octanol–water partition coefficient (Wildman–Crippen LogP) is 4.90. The number of unbranched alkanes of at least 4 members (excludes halogenated alkanes) is 1. The molecule has 3 aliphatic rings. The molecule has 0 spiro atoms. The van der Waals surface area contributed by atoms with Crippen LogP contribution in [0.5, 0.6) is 0 Å². The van der Waals surface area contributed by atoms with E-state index in [1.165, 1.54) is 43.4 Å². The number of anilines is 1. The van der Waals surface area contributed by atoms with E-state index in [0.717, 1.165) is 24.1 Å². The Balaban J connectivity index is 1.27. The molecule has 1 aromatic carbocycles. The molecule has 5 rings (SSSR count). The van der Waals surface area contributed by atoms with Crippen LogP contribution in [-0.4, -0.2) is 64.9 Å². The van der Waals surface area contributed by atoms with Crippen LogP contribution < -0.4 is 10.2 Å². The monoisotopic (exact) mass is 533 g/mol. The number of hydrogen-bond donors (Lipinski definition) is 1. The molecule has 2 aliphatic heterocycles. The standard InChI is InChI=1S/C28H38F3N5O2/c1-34-23-17-20(10-11-21(23)26(33-34)22-12-13-25(37)32-27(22)38)36-16-15-35(18-24(36)28(29,30)31)14-6-5-9-19-7-3-2-4-8-19/h10-11,17,19,22,24H,2-9,12-16,18H2,1H3,(H,32,37,38)/t22?,24-/m0/s1. The van der Waals surface area contributed by atoms with Crippen LogP contribution >= 0.6 is 0 Å². The molecule has 1 unspecified atom stereocenters. The number of carbonyl (C=O) groups is 2. The summed E-state index contributed by atoms with van der Waals surface area (Å²) in [6.45, 7) is 1.58. The van der Waals surface area contributed by atoms with Gasteiger partial charge in [-0.2, -0.15) is 18.3 Å². The number of halogens is 3. The van der Waals surface area contributed by atoms with Crippen molar-refractivity contribution in [1.29, 1.82) is 0 Å². The van der Waals surface area contributed by atoms with E-state index < -0.39 is 18.1 Å². The molecule has 2 atom stereocenters. The number of piperidine rings is 1. The molecule has 2 aromatic rings. The van der Waals surface area contributed by atoms with Gasteiger partial charge in [0, 0.05) is 44.2 Å². The Kier molecular flexibility index (Phi) is 7.98. The van der Waals surface area contributed by atoms with Crippen molar-refractivity contribution < 1.29 is 22.8 Å². The zero-order chi connectivity index (χ0) is 26.9. The van der Waals surface area contributed by atoms with Crippen LogP contribution in [0.3, 0.4) is 0 Å². The molecular formula is C28H38F3N5O2. The lowest BCUT2D eigenvalue weighted by molar-refractivity contribution is -0.156. The Bertz CT molecular complexity index is 1160. The summed E-state index contributed by atoms with van der Waals surface area (Å²) in [6, 6.07) is 3.64. The SMILES string of the molecule is Cn1nc(C2CCC(=O)NC2=O)c2ccc(N3CCN(CCCCC4CCCCC4)C[C@H]3C(F)(F)F)cc21.